The van der Waals surface area contributed by atoms with Crippen LogP contribution in [0.25, 0.3) is 10.9 Å². The summed E-state index contributed by atoms with van der Waals surface area (Å²) in [6.45, 7) is 2.24. The third kappa shape index (κ3) is 4.57. The fraction of sp³-hybridized carbons (Fsp3) is 0.120. The van der Waals surface area contributed by atoms with E-state index in [0.29, 0.717) is 35.0 Å². The lowest BCUT2D eigenvalue weighted by atomic mass is 10.2. The first-order valence-corrected chi connectivity index (χ1v) is 10.1. The smallest absolute Gasteiger partial charge is 0.254 e. The number of para-hydroxylation sites is 1. The minimum Gasteiger partial charge on any atom is -0.457 e. The molecule has 0 unspecified atom stereocenters. The lowest BCUT2D eigenvalue weighted by Gasteiger charge is -2.17. The molecular formula is C25H22N4O3. The summed E-state index contributed by atoms with van der Waals surface area (Å²) in [5, 5.41) is 1.00. The van der Waals surface area contributed by atoms with Crippen LogP contribution in [0.5, 0.6) is 11.5 Å². The molecule has 0 aliphatic carbocycles. The van der Waals surface area contributed by atoms with E-state index in [2.05, 4.69) is 9.97 Å². The predicted molar refractivity (Wildman–Crippen MR) is 122 cm³/mol. The van der Waals surface area contributed by atoms with Crippen LogP contribution in [0.15, 0.2) is 72.8 Å². The summed E-state index contributed by atoms with van der Waals surface area (Å²) in [6.07, 6.45) is 0. The maximum atomic E-state index is 12.9. The van der Waals surface area contributed by atoms with Gasteiger partial charge in [-0.1, -0.05) is 18.2 Å². The molecule has 0 aliphatic heterocycles. The van der Waals surface area contributed by atoms with E-state index in [1.54, 1.807) is 60.5 Å². The number of benzene rings is 3. The van der Waals surface area contributed by atoms with Crippen molar-refractivity contribution in [3.63, 3.8) is 0 Å². The molecule has 1 heterocycles. The number of hydrogen-bond acceptors (Lipinski definition) is 5. The molecule has 3 aromatic carbocycles. The zero-order chi connectivity index (χ0) is 22.7. The number of ether oxygens (including phenoxy) is 1. The normalized spacial score (nSPS) is 10.7. The molecule has 32 heavy (non-hydrogen) atoms. The van der Waals surface area contributed by atoms with Crippen molar-refractivity contribution in [2.24, 2.45) is 5.73 Å². The molecule has 0 aliphatic rings. The highest BCUT2D eigenvalue weighted by atomic mass is 16.5. The lowest BCUT2D eigenvalue weighted by Crippen LogP contribution is -2.27. The first kappa shape index (κ1) is 21.0. The van der Waals surface area contributed by atoms with Gasteiger partial charge in [-0.05, 0) is 61.5 Å². The molecule has 160 valence electrons. The van der Waals surface area contributed by atoms with Crippen molar-refractivity contribution >= 4 is 22.7 Å². The van der Waals surface area contributed by atoms with Gasteiger partial charge in [0.05, 0.1) is 12.1 Å². The number of fused-ring (bicyclic) bond motifs is 1. The molecule has 7 nitrogen and oxygen atoms in total. The van der Waals surface area contributed by atoms with E-state index in [9.17, 15) is 9.59 Å². The Kier molecular flexibility index (Phi) is 5.81. The Morgan fingerprint density at radius 2 is 1.47 bits per heavy atom. The first-order valence-electron chi connectivity index (χ1n) is 10.1. The number of nitrogens with zero attached hydrogens (tertiary/aromatic N) is 3. The fourth-order valence-electron chi connectivity index (χ4n) is 3.36. The van der Waals surface area contributed by atoms with Crippen LogP contribution in [0, 0.1) is 6.92 Å². The number of primary amides is 1. The van der Waals surface area contributed by atoms with Crippen LogP contribution in [0.1, 0.15) is 32.2 Å². The summed E-state index contributed by atoms with van der Waals surface area (Å²) in [6, 6.07) is 21.2. The largest absolute Gasteiger partial charge is 0.457 e. The molecule has 4 aromatic rings. The second-order valence-corrected chi connectivity index (χ2v) is 7.42. The highest BCUT2D eigenvalue weighted by Crippen LogP contribution is 2.23. The quantitative estimate of drug-likeness (QED) is 0.500. The summed E-state index contributed by atoms with van der Waals surface area (Å²) < 4.78 is 5.76. The average molecular weight is 426 g/mol. The van der Waals surface area contributed by atoms with E-state index in [0.717, 1.165) is 16.6 Å². The molecule has 0 saturated heterocycles. The van der Waals surface area contributed by atoms with Crippen molar-refractivity contribution in [3.8, 4) is 11.5 Å². The average Bonchev–Trinajstić information content (AvgIpc) is 2.79. The molecule has 4 rings (SSSR count). The Balaban J connectivity index is 1.43. The lowest BCUT2D eigenvalue weighted by molar-refractivity contribution is 0.0781. The first-order chi connectivity index (χ1) is 15.4. The molecule has 0 radical (unpaired) electrons. The highest BCUT2D eigenvalue weighted by molar-refractivity contribution is 5.94. The number of hydrogen-bond donors (Lipinski definition) is 1. The van der Waals surface area contributed by atoms with Crippen molar-refractivity contribution in [1.82, 2.24) is 14.9 Å². The van der Waals surface area contributed by atoms with Crippen molar-refractivity contribution in [1.29, 1.82) is 0 Å². The Hall–Kier alpha value is -4.26. The van der Waals surface area contributed by atoms with E-state index >= 15 is 0 Å². The molecule has 0 saturated carbocycles. The Morgan fingerprint density at radius 1 is 0.875 bits per heavy atom. The van der Waals surface area contributed by atoms with Gasteiger partial charge in [-0.25, -0.2) is 9.97 Å². The number of aromatic nitrogens is 2. The van der Waals surface area contributed by atoms with Gasteiger partial charge in [0.2, 0.25) is 5.91 Å². The van der Waals surface area contributed by atoms with Crippen LogP contribution in [0.2, 0.25) is 0 Å². The Morgan fingerprint density at radius 3 is 2.09 bits per heavy atom. The number of nitrogens with two attached hydrogens (primary N) is 1. The van der Waals surface area contributed by atoms with E-state index in [-0.39, 0.29) is 5.91 Å². The molecule has 1 aromatic heterocycles. The summed E-state index contributed by atoms with van der Waals surface area (Å²) in [7, 11) is 1.72. The van der Waals surface area contributed by atoms with E-state index in [1.807, 2.05) is 31.2 Å². The summed E-state index contributed by atoms with van der Waals surface area (Å²) in [4.78, 5) is 34.7. The van der Waals surface area contributed by atoms with Crippen LogP contribution in [0.3, 0.4) is 0 Å². The van der Waals surface area contributed by atoms with Gasteiger partial charge in [0, 0.05) is 29.3 Å². The standard InChI is InChI=1S/C25H22N4O3/c1-16-21-5-3-4-6-22(21)28-23(27-16)15-29(2)25(31)18-9-13-20(14-10-18)32-19-11-7-17(8-12-19)24(26)30/h3-14H,15H2,1-2H3,(H2,26,30). The Bertz CT molecular complexity index is 1290. The maximum Gasteiger partial charge on any atom is 0.254 e. The summed E-state index contributed by atoms with van der Waals surface area (Å²) >= 11 is 0. The van der Waals surface area contributed by atoms with Gasteiger partial charge in [0.1, 0.15) is 17.3 Å². The van der Waals surface area contributed by atoms with Crippen molar-refractivity contribution < 1.29 is 14.3 Å². The second-order valence-electron chi connectivity index (χ2n) is 7.42. The van der Waals surface area contributed by atoms with E-state index < -0.39 is 5.91 Å². The van der Waals surface area contributed by atoms with Crippen LogP contribution in [-0.4, -0.2) is 33.7 Å². The van der Waals surface area contributed by atoms with Crippen LogP contribution >= 0.6 is 0 Å². The minimum absolute atomic E-state index is 0.142. The third-order valence-corrected chi connectivity index (χ3v) is 5.04. The third-order valence-electron chi connectivity index (χ3n) is 5.04. The molecule has 0 atom stereocenters. The summed E-state index contributed by atoms with van der Waals surface area (Å²) in [5.41, 5.74) is 7.93. The molecule has 7 heteroatoms. The SMILES string of the molecule is Cc1nc(CN(C)C(=O)c2ccc(Oc3ccc(C(N)=O)cc3)cc2)nc2ccccc12. The number of amides is 2. The molecule has 0 spiro atoms. The zero-order valence-corrected chi connectivity index (χ0v) is 17.8. The fourth-order valence-corrected chi connectivity index (χ4v) is 3.36. The number of aryl methyl sites for hydroxylation is 1. The van der Waals surface area contributed by atoms with Gasteiger partial charge >= 0.3 is 0 Å². The van der Waals surface area contributed by atoms with Gasteiger partial charge in [0.15, 0.2) is 0 Å². The van der Waals surface area contributed by atoms with E-state index in [4.69, 9.17) is 10.5 Å². The minimum atomic E-state index is -0.493. The monoisotopic (exact) mass is 426 g/mol. The Labute approximate surface area is 185 Å². The van der Waals surface area contributed by atoms with Gasteiger partial charge in [0.25, 0.3) is 5.91 Å². The van der Waals surface area contributed by atoms with Gasteiger partial charge < -0.3 is 15.4 Å². The van der Waals surface area contributed by atoms with Gasteiger partial charge in [-0.3, -0.25) is 9.59 Å². The molecule has 2 amide bonds. The number of carbonyl (C=O) groups excluding carboxylic acids is 2. The molecule has 0 fully saturated rings. The molecular weight excluding hydrogens is 404 g/mol. The maximum absolute atomic E-state index is 12.9. The van der Waals surface area contributed by atoms with Crippen LogP contribution in [-0.2, 0) is 6.54 Å². The molecule has 2 N–H and O–H groups in total. The zero-order valence-electron chi connectivity index (χ0n) is 17.8. The van der Waals surface area contributed by atoms with Gasteiger partial charge in [-0.15, -0.1) is 0 Å². The second kappa shape index (κ2) is 8.85. The van der Waals surface area contributed by atoms with E-state index in [1.165, 1.54) is 0 Å². The number of carbonyl (C=O) groups is 2. The van der Waals surface area contributed by atoms with Crippen molar-refractivity contribution in [2.75, 3.05) is 7.05 Å². The van der Waals surface area contributed by atoms with Crippen LogP contribution in [0.4, 0.5) is 0 Å². The topological polar surface area (TPSA) is 98.4 Å². The predicted octanol–water partition coefficient (Wildman–Crippen LogP) is 4.10. The van der Waals surface area contributed by atoms with Crippen molar-refractivity contribution in [2.45, 2.75) is 13.5 Å². The van der Waals surface area contributed by atoms with Gasteiger partial charge in [-0.2, -0.15) is 0 Å². The van der Waals surface area contributed by atoms with Crippen LogP contribution < -0.4 is 10.5 Å². The summed E-state index contributed by atoms with van der Waals surface area (Å²) in [5.74, 6) is 1.10. The molecule has 0 bridgehead atoms. The van der Waals surface area contributed by atoms with Crippen molar-refractivity contribution in [3.05, 3.63) is 95.4 Å². The number of rotatable bonds is 6. The highest BCUT2D eigenvalue weighted by Gasteiger charge is 2.15.